The number of hydrogen-bond donors (Lipinski definition) is 2. The second-order valence-electron chi connectivity index (χ2n) is 11.4. The van der Waals surface area contributed by atoms with Crippen LogP contribution in [-0.2, 0) is 10.9 Å². The van der Waals surface area contributed by atoms with Crippen LogP contribution in [0, 0.1) is 23.2 Å². The summed E-state index contributed by atoms with van der Waals surface area (Å²) in [5.74, 6) is 1.69. The van der Waals surface area contributed by atoms with E-state index in [4.69, 9.17) is 6.13 Å². The van der Waals surface area contributed by atoms with Gasteiger partial charge in [0.1, 0.15) is 0 Å². The van der Waals surface area contributed by atoms with E-state index in [2.05, 4.69) is 45.3 Å². The molecule has 0 amide bonds. The minimum atomic E-state index is -2.14. The summed E-state index contributed by atoms with van der Waals surface area (Å²) in [7, 11) is 0. The van der Waals surface area contributed by atoms with Gasteiger partial charge in [0.2, 0.25) is 0 Å². The van der Waals surface area contributed by atoms with Gasteiger partial charge in [-0.05, 0) is 17.6 Å². The Bertz CT molecular complexity index is 871. The third-order valence-electron chi connectivity index (χ3n) is 9.10. The van der Waals surface area contributed by atoms with Gasteiger partial charge >= 0.3 is 167 Å². The van der Waals surface area contributed by atoms with Gasteiger partial charge in [0.05, 0.1) is 12.2 Å². The van der Waals surface area contributed by atoms with E-state index in [1.165, 1.54) is 31.3 Å². The first kappa shape index (κ1) is 26.8. The first-order valence-corrected chi connectivity index (χ1v) is 19.4. The van der Waals surface area contributed by atoms with E-state index in [1.807, 2.05) is 6.92 Å². The molecule has 0 aromatic carbocycles. The Morgan fingerprint density at radius 1 is 1.29 bits per heavy atom. The monoisotopic (exact) mass is 650 g/mol. The summed E-state index contributed by atoms with van der Waals surface area (Å²) in [6.07, 6.45) is 13.2. The summed E-state index contributed by atoms with van der Waals surface area (Å²) in [5.41, 5.74) is 2.82. The smallest absolute Gasteiger partial charge is 0.0811 e. The maximum absolute atomic E-state index is 12.2. The maximum atomic E-state index is 12.2. The van der Waals surface area contributed by atoms with E-state index >= 15 is 0 Å². The molecule has 0 radical (unpaired) electrons. The molecule has 5 nitrogen and oxygen atoms in total. The summed E-state index contributed by atoms with van der Waals surface area (Å²) in [6.45, 7) is 10.8. The first-order chi connectivity index (χ1) is 16.0. The van der Waals surface area contributed by atoms with Crippen LogP contribution in [0.1, 0.15) is 85.0 Å². The molecule has 2 N–H and O–H groups in total. The molecular weight excluding hydrogens is 611 g/mol. The van der Waals surface area contributed by atoms with Crippen molar-refractivity contribution < 1.29 is 21.1 Å². The van der Waals surface area contributed by atoms with E-state index in [0.717, 1.165) is 36.8 Å². The maximum Gasteiger partial charge on any atom is 0.0811 e. The second kappa shape index (κ2) is 10.6. The Morgan fingerprint density at radius 3 is 2.76 bits per heavy atom. The van der Waals surface area contributed by atoms with Gasteiger partial charge in [0, 0.05) is 6.42 Å². The van der Waals surface area contributed by atoms with E-state index < -0.39 is 36.2 Å². The van der Waals surface area contributed by atoms with Gasteiger partial charge in [-0.2, -0.15) is 0 Å². The molecule has 1 saturated heterocycles. The Labute approximate surface area is 218 Å². The van der Waals surface area contributed by atoms with E-state index in [9.17, 15) is 15.0 Å². The predicted octanol–water partition coefficient (Wildman–Crippen LogP) is 6.91. The molecule has 1 heterocycles. The molecule has 34 heavy (non-hydrogen) atoms. The molecule has 7 atom stereocenters. The second-order valence-corrected chi connectivity index (χ2v) is 16.6. The molecule has 3 aliphatic carbocycles. The van der Waals surface area contributed by atoms with Crippen LogP contribution >= 0.6 is 31.1 Å². The van der Waals surface area contributed by atoms with Gasteiger partial charge in [-0.25, -0.2) is 0 Å². The molecule has 0 spiro atoms. The fourth-order valence-corrected chi connectivity index (χ4v) is 11.7. The van der Waals surface area contributed by atoms with Gasteiger partial charge in [0.15, 0.2) is 0 Å². The normalized spacial score (nSPS) is 42.8. The largest absolute Gasteiger partial charge is 0.393 e. The number of fused-ring (bicyclic) bond motifs is 1. The van der Waals surface area contributed by atoms with Gasteiger partial charge in [0.25, 0.3) is 0 Å². The average Bonchev–Trinajstić information content (AvgIpc) is 3.24. The van der Waals surface area contributed by atoms with Gasteiger partial charge in [-0.1, -0.05) is 6.58 Å². The Morgan fingerprint density at radius 2 is 2.06 bits per heavy atom. The van der Waals surface area contributed by atoms with Crippen molar-refractivity contribution in [2.24, 2.45) is 23.2 Å². The van der Waals surface area contributed by atoms with Gasteiger partial charge in [-0.15, -0.1) is 0 Å². The van der Waals surface area contributed by atoms with Crippen molar-refractivity contribution in [3.8, 4) is 0 Å². The van der Waals surface area contributed by atoms with Crippen LogP contribution in [0.15, 0.2) is 35.5 Å². The van der Waals surface area contributed by atoms with Crippen molar-refractivity contribution in [2.75, 3.05) is 0 Å². The zero-order valence-electron chi connectivity index (χ0n) is 20.7. The molecule has 4 fully saturated rings. The van der Waals surface area contributed by atoms with Gasteiger partial charge < -0.3 is 10.2 Å². The third-order valence-corrected chi connectivity index (χ3v) is 12.8. The van der Waals surface area contributed by atoms with Crippen molar-refractivity contribution in [3.63, 3.8) is 0 Å². The Hall–Kier alpha value is -0.220. The molecule has 192 valence electrons. The van der Waals surface area contributed by atoms with Crippen molar-refractivity contribution >= 4 is 37.1 Å². The molecule has 1 aliphatic heterocycles. The molecule has 0 aromatic rings. The number of allylic oxidation sites excluding steroid dienone is 3. The predicted molar refractivity (Wildman–Crippen MR) is 146 cm³/mol. The van der Waals surface area contributed by atoms with E-state index in [1.54, 1.807) is 0 Å². The van der Waals surface area contributed by atoms with Crippen LogP contribution in [0.4, 0.5) is 0 Å². The average molecular weight is 651 g/mol. The number of aliphatic hydroxyl groups is 2. The fourth-order valence-electron chi connectivity index (χ4n) is 7.10. The first-order valence-electron chi connectivity index (χ1n) is 12.8. The molecule has 7 heteroatoms. The van der Waals surface area contributed by atoms with E-state index in [-0.39, 0.29) is 5.97 Å². The van der Waals surface area contributed by atoms with Crippen LogP contribution < -0.4 is 0 Å². The molecule has 0 aromatic heterocycles. The fraction of sp³-hybridized carbons (Fsp3) is 0.741. The molecule has 4 aliphatic rings. The molecule has 3 saturated carbocycles. The van der Waals surface area contributed by atoms with Crippen LogP contribution in [-0.4, -0.2) is 34.0 Å². The zero-order valence-corrected chi connectivity index (χ0v) is 24.4. The standard InChI is InChI=1S/C27H40BrIO5/c1-17(7-5-14-27(4)25(32)33-29(28)34-27)22-11-12-23-19(8-6-13-26(22,23)3)9-10-20-15-21(30)16-24(31)18(20)2/h9-10,17,21-24,30-31H,2,5-8,11-16H2,1,3-4H3/b19-9+,20-10-/t17-,21-,22?,23+,24+,26?,27-/m1/s1. The number of hydrogen-bond acceptors (Lipinski definition) is 5. The molecule has 4 rings (SSSR count). The molecular formula is C27H40BrIO5. The van der Waals surface area contributed by atoms with Crippen LogP contribution in [0.25, 0.3) is 0 Å². The summed E-state index contributed by atoms with van der Waals surface area (Å²) < 4.78 is 11.1. The Kier molecular flexibility index (Phi) is 8.40. The van der Waals surface area contributed by atoms with Crippen molar-refractivity contribution in [3.05, 3.63) is 35.5 Å². The summed E-state index contributed by atoms with van der Waals surface area (Å²) in [6, 6.07) is 0. The number of rotatable bonds is 6. The van der Waals surface area contributed by atoms with Crippen LogP contribution in [0.5, 0.6) is 0 Å². The third kappa shape index (κ3) is 5.38. The molecule has 2 unspecified atom stereocenters. The van der Waals surface area contributed by atoms with Gasteiger partial charge in [-0.3, -0.25) is 0 Å². The summed E-state index contributed by atoms with van der Waals surface area (Å²) in [5, 5.41) is 20.3. The van der Waals surface area contributed by atoms with Crippen LogP contribution in [0.3, 0.4) is 0 Å². The van der Waals surface area contributed by atoms with Crippen molar-refractivity contribution in [2.45, 2.75) is 103 Å². The zero-order chi connectivity index (χ0) is 24.7. The number of halogens is 2. The minimum absolute atomic E-state index is 0.202. The van der Waals surface area contributed by atoms with Crippen LogP contribution in [0.2, 0.25) is 0 Å². The molecule has 0 bridgehead atoms. The SMILES string of the molecule is C=C1/C(=C\C=C2/CCCC3(C)C([C@H](C)CCC[C@@]4(C)OI(Br)OC4=O)CC[C@@H]23)C[C@@H](O)C[C@@H]1O. The summed E-state index contributed by atoms with van der Waals surface area (Å²) in [4.78, 5) is 12.2. The minimum Gasteiger partial charge on any atom is -0.393 e. The van der Waals surface area contributed by atoms with Crippen molar-refractivity contribution in [1.29, 1.82) is 0 Å². The number of aliphatic hydroxyl groups excluding tert-OH is 2. The van der Waals surface area contributed by atoms with Crippen molar-refractivity contribution in [1.82, 2.24) is 0 Å². The quantitative estimate of drug-likeness (QED) is 0.306. The van der Waals surface area contributed by atoms with E-state index in [0.29, 0.717) is 36.0 Å². The Balaban J connectivity index is 1.40. The topological polar surface area (TPSA) is 76.0 Å². The number of carbonyl (C=O) groups is 1. The summed E-state index contributed by atoms with van der Waals surface area (Å²) >= 11 is 1.24. The number of carbonyl (C=O) groups excluding carboxylic acids is 1.